The molecule has 0 fully saturated rings. The number of fused-ring (bicyclic) bond motifs is 1. The highest BCUT2D eigenvalue weighted by Crippen LogP contribution is 2.34. The van der Waals surface area contributed by atoms with Gasteiger partial charge in [0.15, 0.2) is 0 Å². The molecule has 0 saturated carbocycles. The summed E-state index contributed by atoms with van der Waals surface area (Å²) >= 11 is 1.09. The van der Waals surface area contributed by atoms with Gasteiger partial charge in [-0.25, -0.2) is 14.8 Å². The van der Waals surface area contributed by atoms with E-state index in [1.165, 1.54) is 6.33 Å². The molecule has 7 heteroatoms. The van der Waals surface area contributed by atoms with Crippen molar-refractivity contribution in [3.8, 4) is 5.88 Å². The number of hydrogen-bond acceptors (Lipinski definition) is 6. The molecule has 0 aliphatic carbocycles. The number of ether oxygens (including phenoxy) is 1. The summed E-state index contributed by atoms with van der Waals surface area (Å²) in [6, 6.07) is 0. The van der Waals surface area contributed by atoms with Crippen LogP contribution in [0.2, 0.25) is 0 Å². The van der Waals surface area contributed by atoms with Crippen LogP contribution in [0.3, 0.4) is 0 Å². The number of thiophene rings is 1. The molecule has 0 atom stereocenters. The maximum Gasteiger partial charge on any atom is 0.346 e. The molecule has 2 aromatic heterocycles. The topological polar surface area (TPSA) is 92.5 Å². The summed E-state index contributed by atoms with van der Waals surface area (Å²) < 4.78 is 5.25. The molecule has 0 spiro atoms. The molecule has 2 aromatic rings. The van der Waals surface area contributed by atoms with Crippen molar-refractivity contribution < 1.29 is 19.7 Å². The Bertz CT molecular complexity index is 567. The van der Waals surface area contributed by atoms with E-state index in [0.29, 0.717) is 21.7 Å². The number of carboxylic acids is 1. The zero-order chi connectivity index (χ0) is 12.4. The number of carbonyl (C=O) groups is 1. The van der Waals surface area contributed by atoms with E-state index < -0.39 is 5.97 Å². The second-order valence-electron chi connectivity index (χ2n) is 3.29. The van der Waals surface area contributed by atoms with Crippen molar-refractivity contribution in [2.75, 3.05) is 13.2 Å². The Morgan fingerprint density at radius 1 is 1.53 bits per heavy atom. The average molecular weight is 254 g/mol. The van der Waals surface area contributed by atoms with Crippen LogP contribution in [0.4, 0.5) is 0 Å². The summed E-state index contributed by atoms with van der Waals surface area (Å²) in [5, 5.41) is 18.3. The number of carboxylic acid groups (broad SMARTS) is 1. The van der Waals surface area contributed by atoms with Gasteiger partial charge in [0.25, 0.3) is 0 Å². The number of hydrogen-bond donors (Lipinski definition) is 2. The Morgan fingerprint density at radius 2 is 2.29 bits per heavy atom. The monoisotopic (exact) mass is 254 g/mol. The fraction of sp³-hybridized carbons (Fsp3) is 0.300. The molecule has 2 rings (SSSR count). The minimum absolute atomic E-state index is 0.115. The molecule has 0 radical (unpaired) electrons. The van der Waals surface area contributed by atoms with Gasteiger partial charge in [-0.05, 0) is 12.5 Å². The highest BCUT2D eigenvalue weighted by atomic mass is 32.1. The highest BCUT2D eigenvalue weighted by molar-refractivity contribution is 7.20. The second-order valence-corrected chi connectivity index (χ2v) is 4.29. The van der Waals surface area contributed by atoms with Crippen LogP contribution in [0, 0.1) is 6.92 Å². The van der Waals surface area contributed by atoms with Crippen LogP contribution in [0.1, 0.15) is 15.2 Å². The third kappa shape index (κ3) is 2.06. The van der Waals surface area contributed by atoms with Gasteiger partial charge in [-0.2, -0.15) is 0 Å². The summed E-state index contributed by atoms with van der Waals surface area (Å²) in [7, 11) is 0. The number of aliphatic hydroxyl groups is 1. The van der Waals surface area contributed by atoms with E-state index in [1.54, 1.807) is 6.92 Å². The van der Waals surface area contributed by atoms with Gasteiger partial charge >= 0.3 is 5.97 Å². The van der Waals surface area contributed by atoms with Crippen molar-refractivity contribution in [1.29, 1.82) is 0 Å². The zero-order valence-corrected chi connectivity index (χ0v) is 9.82. The first kappa shape index (κ1) is 11.7. The molecule has 0 unspecified atom stereocenters. The summed E-state index contributed by atoms with van der Waals surface area (Å²) in [5.74, 6) is -0.677. The Balaban J connectivity index is 2.58. The number of aliphatic hydroxyl groups excluding tert-OH is 1. The van der Waals surface area contributed by atoms with Crippen molar-refractivity contribution in [3.05, 3.63) is 16.8 Å². The number of nitrogens with zero attached hydrogens (tertiary/aromatic N) is 2. The molecule has 0 amide bonds. The van der Waals surface area contributed by atoms with E-state index in [9.17, 15) is 4.79 Å². The predicted molar refractivity (Wildman–Crippen MR) is 61.7 cm³/mol. The summed E-state index contributed by atoms with van der Waals surface area (Å²) in [4.78, 5) is 19.8. The molecular formula is C10H10N2O4S. The van der Waals surface area contributed by atoms with Crippen molar-refractivity contribution in [3.63, 3.8) is 0 Å². The van der Waals surface area contributed by atoms with Gasteiger partial charge in [-0.1, -0.05) is 0 Å². The van der Waals surface area contributed by atoms with Gasteiger partial charge in [-0.3, -0.25) is 0 Å². The quantitative estimate of drug-likeness (QED) is 0.847. The number of aromatic carboxylic acids is 1. The van der Waals surface area contributed by atoms with E-state index >= 15 is 0 Å². The van der Waals surface area contributed by atoms with Gasteiger partial charge in [0.2, 0.25) is 5.88 Å². The Kier molecular flexibility index (Phi) is 3.21. The lowest BCUT2D eigenvalue weighted by Gasteiger charge is -2.04. The average Bonchev–Trinajstić information content (AvgIpc) is 2.65. The van der Waals surface area contributed by atoms with E-state index in [0.717, 1.165) is 11.3 Å². The molecule has 2 N–H and O–H groups in total. The van der Waals surface area contributed by atoms with Crippen LogP contribution < -0.4 is 4.74 Å². The third-order valence-electron chi connectivity index (χ3n) is 2.22. The fourth-order valence-corrected chi connectivity index (χ4v) is 2.47. The molecule has 0 saturated heterocycles. The first-order chi connectivity index (χ1) is 8.15. The van der Waals surface area contributed by atoms with Crippen LogP contribution >= 0.6 is 11.3 Å². The normalized spacial score (nSPS) is 10.7. The molecule has 0 aliphatic heterocycles. The van der Waals surface area contributed by atoms with Gasteiger partial charge in [0, 0.05) is 0 Å². The molecule has 6 nitrogen and oxygen atoms in total. The Hall–Kier alpha value is -1.73. The maximum absolute atomic E-state index is 11.0. The molecule has 2 heterocycles. The minimum Gasteiger partial charge on any atom is -0.477 e. The van der Waals surface area contributed by atoms with Gasteiger partial charge in [-0.15, -0.1) is 11.3 Å². The molecular weight excluding hydrogens is 244 g/mol. The Morgan fingerprint density at radius 3 is 2.94 bits per heavy atom. The largest absolute Gasteiger partial charge is 0.477 e. The van der Waals surface area contributed by atoms with E-state index in [2.05, 4.69) is 9.97 Å². The van der Waals surface area contributed by atoms with Crippen molar-refractivity contribution in [2.45, 2.75) is 6.92 Å². The van der Waals surface area contributed by atoms with Crippen molar-refractivity contribution in [1.82, 2.24) is 9.97 Å². The molecule has 0 aromatic carbocycles. The van der Waals surface area contributed by atoms with Crippen LogP contribution in [-0.4, -0.2) is 39.4 Å². The second kappa shape index (κ2) is 4.64. The standard InChI is InChI=1S/C10H10N2O4S/c1-5-6-8(16-3-2-13)11-4-12-9(6)17-7(5)10(14)15/h4,13H,2-3H2,1H3,(H,14,15). The third-order valence-corrected chi connectivity index (χ3v) is 3.40. The van der Waals surface area contributed by atoms with Crippen molar-refractivity contribution in [2.24, 2.45) is 0 Å². The van der Waals surface area contributed by atoms with E-state index in [-0.39, 0.29) is 18.1 Å². The number of rotatable bonds is 4. The van der Waals surface area contributed by atoms with E-state index in [4.69, 9.17) is 14.9 Å². The first-order valence-corrected chi connectivity index (χ1v) is 5.68. The van der Waals surface area contributed by atoms with Gasteiger partial charge in [0.1, 0.15) is 22.6 Å². The SMILES string of the molecule is Cc1c(C(=O)O)sc2ncnc(OCCO)c12. The van der Waals surface area contributed by atoms with Crippen LogP contribution in [0.25, 0.3) is 10.2 Å². The van der Waals surface area contributed by atoms with Crippen molar-refractivity contribution >= 4 is 27.5 Å². The van der Waals surface area contributed by atoms with Crippen LogP contribution in [0.15, 0.2) is 6.33 Å². The van der Waals surface area contributed by atoms with Gasteiger partial charge < -0.3 is 14.9 Å². The smallest absolute Gasteiger partial charge is 0.346 e. The maximum atomic E-state index is 11.0. The molecule has 0 bridgehead atoms. The van der Waals surface area contributed by atoms with Crippen LogP contribution in [-0.2, 0) is 0 Å². The zero-order valence-electron chi connectivity index (χ0n) is 9.01. The van der Waals surface area contributed by atoms with E-state index in [1.807, 2.05) is 0 Å². The predicted octanol–water partition coefficient (Wildman–Crippen LogP) is 1.07. The van der Waals surface area contributed by atoms with Gasteiger partial charge in [0.05, 0.1) is 12.0 Å². The lowest BCUT2D eigenvalue weighted by Crippen LogP contribution is -2.03. The first-order valence-electron chi connectivity index (χ1n) is 4.86. The Labute approximate surface area is 101 Å². The molecule has 0 aliphatic rings. The summed E-state index contributed by atoms with van der Waals surface area (Å²) in [6.07, 6.45) is 1.32. The number of aromatic nitrogens is 2. The minimum atomic E-state index is -0.987. The fourth-order valence-electron chi connectivity index (χ4n) is 1.50. The number of aryl methyl sites for hydroxylation is 1. The summed E-state index contributed by atoms with van der Waals surface area (Å²) in [6.45, 7) is 1.68. The molecule has 90 valence electrons. The summed E-state index contributed by atoms with van der Waals surface area (Å²) in [5.41, 5.74) is 0.589. The highest BCUT2D eigenvalue weighted by Gasteiger charge is 2.19. The van der Waals surface area contributed by atoms with Crippen LogP contribution in [0.5, 0.6) is 5.88 Å². The lowest BCUT2D eigenvalue weighted by molar-refractivity contribution is 0.0701. The lowest BCUT2D eigenvalue weighted by atomic mass is 10.2. The molecule has 17 heavy (non-hydrogen) atoms.